The molecule has 1 saturated heterocycles. The molecule has 0 aromatic rings. The summed E-state index contributed by atoms with van der Waals surface area (Å²) in [7, 11) is 0. The molecule has 128 valence electrons. The van der Waals surface area contributed by atoms with Gasteiger partial charge in [-0.25, -0.2) is 0 Å². The van der Waals surface area contributed by atoms with Crippen molar-refractivity contribution < 1.29 is 9.53 Å². The number of morpholine rings is 1. The Balaban J connectivity index is 0. The van der Waals surface area contributed by atoms with Crippen molar-refractivity contribution in [2.24, 2.45) is 11.7 Å². The fourth-order valence-corrected chi connectivity index (χ4v) is 2.72. The van der Waals surface area contributed by atoms with E-state index in [1.165, 1.54) is 0 Å². The molecule has 0 aliphatic carbocycles. The Morgan fingerprint density at radius 2 is 1.71 bits per heavy atom. The highest BCUT2D eigenvalue weighted by Crippen LogP contribution is 2.18. The summed E-state index contributed by atoms with van der Waals surface area (Å²) in [5, 5.41) is 2.99. The second-order valence-corrected chi connectivity index (χ2v) is 6.05. The van der Waals surface area contributed by atoms with Crippen LogP contribution in [0.4, 0.5) is 0 Å². The summed E-state index contributed by atoms with van der Waals surface area (Å²) in [5.74, 6) is 0.344. The summed E-state index contributed by atoms with van der Waals surface area (Å²) in [6.07, 6.45) is 0.342. The quantitative estimate of drug-likeness (QED) is 0.792. The lowest BCUT2D eigenvalue weighted by molar-refractivity contribution is -0.135. The van der Waals surface area contributed by atoms with E-state index in [1.807, 2.05) is 6.92 Å². The first kappa shape index (κ1) is 23.2. The molecule has 1 aliphatic heterocycles. The van der Waals surface area contributed by atoms with E-state index in [0.717, 1.165) is 13.1 Å². The van der Waals surface area contributed by atoms with Crippen LogP contribution in [-0.4, -0.2) is 54.7 Å². The summed E-state index contributed by atoms with van der Waals surface area (Å²) in [5.41, 5.74) is 5.57. The first-order valence-electron chi connectivity index (χ1n) is 7.25. The third-order valence-corrected chi connectivity index (χ3v) is 3.48. The minimum Gasteiger partial charge on any atom is -0.373 e. The van der Waals surface area contributed by atoms with Gasteiger partial charge in [-0.05, 0) is 26.7 Å². The summed E-state index contributed by atoms with van der Waals surface area (Å²) in [6.45, 7) is 12.3. The number of hydrogen-bond acceptors (Lipinski definition) is 4. The van der Waals surface area contributed by atoms with E-state index < -0.39 is 0 Å². The van der Waals surface area contributed by atoms with Gasteiger partial charge in [0.2, 0.25) is 5.91 Å². The maximum Gasteiger partial charge on any atom is 0.237 e. The standard InChI is InChI=1S/C14H29N3O2.2ClH/c1-9(2)13(14(18)16-10(3)6-15)17-7-11(4)19-12(5)8-17;;/h9-13H,6-8,15H2,1-5H3,(H,16,18);2*1H/t10-,11?,12?,13?;;/m0../s1. The summed E-state index contributed by atoms with van der Waals surface area (Å²) >= 11 is 0. The molecule has 5 nitrogen and oxygen atoms in total. The smallest absolute Gasteiger partial charge is 0.237 e. The number of ether oxygens (including phenoxy) is 1. The van der Waals surface area contributed by atoms with Crippen LogP contribution in [0.3, 0.4) is 0 Å². The molecule has 21 heavy (non-hydrogen) atoms. The minimum absolute atomic E-state index is 0. The molecular formula is C14H31Cl2N3O2. The van der Waals surface area contributed by atoms with Crippen molar-refractivity contribution in [3.8, 4) is 0 Å². The summed E-state index contributed by atoms with van der Waals surface area (Å²) < 4.78 is 5.73. The third-order valence-electron chi connectivity index (χ3n) is 3.48. The maximum absolute atomic E-state index is 12.4. The number of nitrogens with two attached hydrogens (primary N) is 1. The zero-order chi connectivity index (χ0) is 14.6. The van der Waals surface area contributed by atoms with E-state index >= 15 is 0 Å². The highest BCUT2D eigenvalue weighted by Gasteiger charge is 2.34. The lowest BCUT2D eigenvalue weighted by Crippen LogP contribution is -2.58. The van der Waals surface area contributed by atoms with Gasteiger partial charge >= 0.3 is 0 Å². The number of amides is 1. The van der Waals surface area contributed by atoms with Crippen LogP contribution in [0.25, 0.3) is 0 Å². The zero-order valence-corrected chi connectivity index (χ0v) is 15.3. The summed E-state index contributed by atoms with van der Waals surface area (Å²) in [6, 6.07) is -0.0903. The molecule has 0 radical (unpaired) electrons. The number of nitrogens with zero attached hydrogens (tertiary/aromatic N) is 1. The molecule has 0 bridgehead atoms. The number of nitrogens with one attached hydrogen (secondary N) is 1. The average molecular weight is 344 g/mol. The molecule has 0 aromatic carbocycles. The first-order chi connectivity index (χ1) is 8.85. The zero-order valence-electron chi connectivity index (χ0n) is 13.7. The Kier molecular flexibility index (Phi) is 11.7. The molecule has 1 aliphatic rings. The van der Waals surface area contributed by atoms with Crippen LogP contribution >= 0.6 is 24.8 Å². The van der Waals surface area contributed by atoms with Gasteiger partial charge in [-0.2, -0.15) is 0 Å². The van der Waals surface area contributed by atoms with Crippen LogP contribution in [0, 0.1) is 5.92 Å². The monoisotopic (exact) mass is 343 g/mol. The van der Waals surface area contributed by atoms with Gasteiger partial charge in [-0.3, -0.25) is 9.69 Å². The molecule has 1 amide bonds. The molecule has 7 heteroatoms. The molecule has 0 aromatic heterocycles. The van der Waals surface area contributed by atoms with Crippen LogP contribution in [-0.2, 0) is 9.53 Å². The van der Waals surface area contributed by atoms with Gasteiger partial charge in [0.15, 0.2) is 0 Å². The van der Waals surface area contributed by atoms with Crippen molar-refractivity contribution in [1.29, 1.82) is 0 Å². The lowest BCUT2D eigenvalue weighted by atomic mass is 9.99. The van der Waals surface area contributed by atoms with Gasteiger partial charge in [0.25, 0.3) is 0 Å². The van der Waals surface area contributed by atoms with Crippen LogP contribution < -0.4 is 11.1 Å². The SMILES string of the molecule is CC1CN(C(C(=O)N[C@@H](C)CN)C(C)C)CC(C)O1.Cl.Cl. The number of carbonyl (C=O) groups excluding carboxylic acids is 1. The second kappa shape index (κ2) is 10.6. The fourth-order valence-electron chi connectivity index (χ4n) is 2.72. The van der Waals surface area contributed by atoms with Crippen LogP contribution in [0.2, 0.25) is 0 Å². The van der Waals surface area contributed by atoms with Crippen molar-refractivity contribution in [2.75, 3.05) is 19.6 Å². The largest absolute Gasteiger partial charge is 0.373 e. The molecule has 4 atom stereocenters. The van der Waals surface area contributed by atoms with Crippen molar-refractivity contribution in [2.45, 2.75) is 58.9 Å². The third kappa shape index (κ3) is 7.15. The Morgan fingerprint density at radius 1 is 1.24 bits per heavy atom. The Labute approximate surface area is 141 Å². The predicted octanol–water partition coefficient (Wildman–Crippen LogP) is 1.43. The molecule has 1 rings (SSSR count). The molecule has 1 heterocycles. The molecule has 1 fully saturated rings. The highest BCUT2D eigenvalue weighted by molar-refractivity contribution is 5.85. The van der Waals surface area contributed by atoms with E-state index in [-0.39, 0.29) is 60.9 Å². The molecule has 0 spiro atoms. The van der Waals surface area contributed by atoms with Crippen molar-refractivity contribution >= 4 is 30.7 Å². The second-order valence-electron chi connectivity index (χ2n) is 6.05. The first-order valence-corrected chi connectivity index (χ1v) is 7.25. The highest BCUT2D eigenvalue weighted by atomic mass is 35.5. The van der Waals surface area contributed by atoms with Crippen LogP contribution in [0.5, 0.6) is 0 Å². The Hall–Kier alpha value is -0.0700. The van der Waals surface area contributed by atoms with Crippen LogP contribution in [0.15, 0.2) is 0 Å². The van der Waals surface area contributed by atoms with E-state index in [1.54, 1.807) is 0 Å². The van der Waals surface area contributed by atoms with Gasteiger partial charge in [-0.15, -0.1) is 24.8 Å². The minimum atomic E-state index is -0.109. The normalized spacial score (nSPS) is 25.5. The molecule has 0 saturated carbocycles. The number of halogens is 2. The van der Waals surface area contributed by atoms with Crippen LogP contribution in [0.1, 0.15) is 34.6 Å². The van der Waals surface area contributed by atoms with Gasteiger partial charge in [0.1, 0.15) is 0 Å². The summed E-state index contributed by atoms with van der Waals surface area (Å²) in [4.78, 5) is 14.7. The number of hydrogen-bond donors (Lipinski definition) is 2. The van der Waals surface area contributed by atoms with Crippen molar-refractivity contribution in [3.63, 3.8) is 0 Å². The fraction of sp³-hybridized carbons (Fsp3) is 0.929. The number of rotatable bonds is 5. The maximum atomic E-state index is 12.4. The number of carbonyl (C=O) groups is 1. The Morgan fingerprint density at radius 3 is 2.10 bits per heavy atom. The topological polar surface area (TPSA) is 67.6 Å². The van der Waals surface area contributed by atoms with E-state index in [9.17, 15) is 4.79 Å². The molecular weight excluding hydrogens is 313 g/mol. The van der Waals surface area contributed by atoms with Crippen molar-refractivity contribution in [1.82, 2.24) is 10.2 Å². The van der Waals surface area contributed by atoms with Gasteiger partial charge < -0.3 is 15.8 Å². The van der Waals surface area contributed by atoms with Gasteiger partial charge in [0, 0.05) is 25.7 Å². The average Bonchev–Trinajstić information content (AvgIpc) is 2.26. The lowest BCUT2D eigenvalue weighted by Gasteiger charge is -2.41. The predicted molar refractivity (Wildman–Crippen MR) is 91.4 cm³/mol. The van der Waals surface area contributed by atoms with Gasteiger partial charge in [-0.1, -0.05) is 13.8 Å². The molecule has 3 N–H and O–H groups in total. The molecule has 3 unspecified atom stereocenters. The van der Waals surface area contributed by atoms with E-state index in [0.29, 0.717) is 6.54 Å². The van der Waals surface area contributed by atoms with E-state index in [4.69, 9.17) is 10.5 Å². The Bertz CT molecular complexity index is 296. The van der Waals surface area contributed by atoms with Gasteiger partial charge in [0.05, 0.1) is 18.2 Å². The van der Waals surface area contributed by atoms with E-state index in [2.05, 4.69) is 37.9 Å². The van der Waals surface area contributed by atoms with Crippen molar-refractivity contribution in [3.05, 3.63) is 0 Å².